The third kappa shape index (κ3) is 2.47. The van der Waals surface area contributed by atoms with Gasteiger partial charge in [0.25, 0.3) is 0 Å². The van der Waals surface area contributed by atoms with Crippen molar-refractivity contribution in [3.8, 4) is 0 Å². The molecule has 0 amide bonds. The molecule has 0 bridgehead atoms. The van der Waals surface area contributed by atoms with Gasteiger partial charge in [-0.3, -0.25) is 9.36 Å². The zero-order valence-corrected chi connectivity index (χ0v) is 12.9. The summed E-state index contributed by atoms with van der Waals surface area (Å²) in [5, 5.41) is 9.94. The number of carbonyl (C=O) groups excluding carboxylic acids is 1. The van der Waals surface area contributed by atoms with E-state index in [0.29, 0.717) is 12.1 Å². The Morgan fingerprint density at radius 1 is 1.36 bits per heavy atom. The number of hydrogen-bond acceptors (Lipinski definition) is 4. The highest BCUT2D eigenvalue weighted by molar-refractivity contribution is 5.95. The fourth-order valence-electron chi connectivity index (χ4n) is 2.51. The smallest absolute Gasteiger partial charge is 0.337 e. The third-order valence-electron chi connectivity index (χ3n) is 3.57. The van der Waals surface area contributed by atoms with Crippen molar-refractivity contribution in [3.63, 3.8) is 0 Å². The van der Waals surface area contributed by atoms with Crippen LogP contribution in [0.3, 0.4) is 0 Å². The fraction of sp³-hybridized carbons (Fsp3) is 0.312. The molecule has 0 fully saturated rings. The summed E-state index contributed by atoms with van der Waals surface area (Å²) >= 11 is 0. The third-order valence-corrected chi connectivity index (χ3v) is 3.57. The van der Waals surface area contributed by atoms with Crippen LogP contribution in [0.25, 0.3) is 10.9 Å². The maximum absolute atomic E-state index is 11.7. The number of rotatable bonds is 4. The first kappa shape index (κ1) is 14.3. The molecule has 2 heterocycles. The SMILES string of the molecule is COC(=O)c1ccc2c(Cn3cccn3)nn(C(C)C)c2c1. The Kier molecular flexibility index (Phi) is 3.66. The van der Waals surface area contributed by atoms with Crippen molar-refractivity contribution < 1.29 is 9.53 Å². The van der Waals surface area contributed by atoms with E-state index in [0.717, 1.165) is 16.6 Å². The summed E-state index contributed by atoms with van der Waals surface area (Å²) < 4.78 is 8.56. The fourth-order valence-corrected chi connectivity index (χ4v) is 2.51. The maximum Gasteiger partial charge on any atom is 0.337 e. The van der Waals surface area contributed by atoms with Gasteiger partial charge in [-0.1, -0.05) is 0 Å². The normalized spacial score (nSPS) is 11.3. The van der Waals surface area contributed by atoms with Crippen LogP contribution in [-0.4, -0.2) is 32.6 Å². The van der Waals surface area contributed by atoms with E-state index in [1.165, 1.54) is 7.11 Å². The number of carbonyl (C=O) groups is 1. The second-order valence-electron chi connectivity index (χ2n) is 5.41. The molecular weight excluding hydrogens is 280 g/mol. The summed E-state index contributed by atoms with van der Waals surface area (Å²) in [6.07, 6.45) is 3.65. The lowest BCUT2D eigenvalue weighted by Crippen LogP contribution is -2.06. The molecule has 0 aliphatic carbocycles. The van der Waals surface area contributed by atoms with E-state index < -0.39 is 0 Å². The molecule has 0 radical (unpaired) electrons. The van der Waals surface area contributed by atoms with Crippen LogP contribution in [0, 0.1) is 0 Å². The van der Waals surface area contributed by atoms with Crippen LogP contribution in [0.1, 0.15) is 35.9 Å². The summed E-state index contributed by atoms with van der Waals surface area (Å²) in [6.45, 7) is 4.73. The molecule has 3 rings (SSSR count). The molecule has 6 nitrogen and oxygen atoms in total. The Hall–Kier alpha value is -2.63. The molecule has 0 spiro atoms. The number of esters is 1. The highest BCUT2D eigenvalue weighted by Crippen LogP contribution is 2.24. The molecule has 0 N–H and O–H groups in total. The van der Waals surface area contributed by atoms with Gasteiger partial charge >= 0.3 is 5.97 Å². The molecule has 0 aliphatic rings. The van der Waals surface area contributed by atoms with E-state index in [2.05, 4.69) is 18.9 Å². The quantitative estimate of drug-likeness (QED) is 0.695. The average molecular weight is 298 g/mol. The Bertz CT molecular complexity index is 803. The largest absolute Gasteiger partial charge is 0.465 e. The first-order valence-corrected chi connectivity index (χ1v) is 7.17. The molecule has 1 aromatic carbocycles. The molecule has 6 heteroatoms. The number of aromatic nitrogens is 4. The van der Waals surface area contributed by atoms with Gasteiger partial charge in [-0.25, -0.2) is 4.79 Å². The van der Waals surface area contributed by atoms with Gasteiger partial charge in [0.05, 0.1) is 30.4 Å². The molecule has 0 saturated carbocycles. The minimum atomic E-state index is -0.341. The van der Waals surface area contributed by atoms with Crippen molar-refractivity contribution in [3.05, 3.63) is 47.9 Å². The summed E-state index contributed by atoms with van der Waals surface area (Å²) in [6, 6.07) is 7.61. The van der Waals surface area contributed by atoms with E-state index >= 15 is 0 Å². The van der Waals surface area contributed by atoms with Gasteiger partial charge in [0.2, 0.25) is 0 Å². The summed E-state index contributed by atoms with van der Waals surface area (Å²) in [5.74, 6) is -0.341. The van der Waals surface area contributed by atoms with Crippen LogP contribution < -0.4 is 0 Å². The summed E-state index contributed by atoms with van der Waals surface area (Å²) in [7, 11) is 1.38. The number of nitrogens with zero attached hydrogens (tertiary/aromatic N) is 4. The van der Waals surface area contributed by atoms with Crippen molar-refractivity contribution in [1.82, 2.24) is 19.6 Å². The Morgan fingerprint density at radius 2 is 2.18 bits per heavy atom. The van der Waals surface area contributed by atoms with Gasteiger partial charge in [-0.2, -0.15) is 10.2 Å². The van der Waals surface area contributed by atoms with E-state index in [4.69, 9.17) is 9.84 Å². The molecule has 2 aromatic heterocycles. The van der Waals surface area contributed by atoms with Crippen LogP contribution in [0.15, 0.2) is 36.7 Å². The van der Waals surface area contributed by atoms with Crippen LogP contribution in [-0.2, 0) is 11.3 Å². The number of benzene rings is 1. The van der Waals surface area contributed by atoms with Gasteiger partial charge in [0.1, 0.15) is 0 Å². The predicted octanol–water partition coefficient (Wildman–Crippen LogP) is 2.65. The topological polar surface area (TPSA) is 61.9 Å². The van der Waals surface area contributed by atoms with Gasteiger partial charge in [-0.15, -0.1) is 0 Å². The first-order chi connectivity index (χ1) is 10.6. The zero-order valence-electron chi connectivity index (χ0n) is 12.9. The number of fused-ring (bicyclic) bond motifs is 1. The molecule has 0 atom stereocenters. The van der Waals surface area contributed by atoms with Gasteiger partial charge < -0.3 is 4.74 Å². The van der Waals surface area contributed by atoms with Gasteiger partial charge in [0, 0.05) is 23.8 Å². The first-order valence-electron chi connectivity index (χ1n) is 7.17. The second-order valence-corrected chi connectivity index (χ2v) is 5.41. The molecule has 114 valence electrons. The van der Waals surface area contributed by atoms with Gasteiger partial charge in [-0.05, 0) is 38.1 Å². The van der Waals surface area contributed by atoms with Crippen LogP contribution in [0.2, 0.25) is 0 Å². The molecule has 0 unspecified atom stereocenters. The predicted molar refractivity (Wildman–Crippen MR) is 82.8 cm³/mol. The van der Waals surface area contributed by atoms with Crippen LogP contribution in [0.5, 0.6) is 0 Å². The standard InChI is InChI=1S/C16H18N4O2/c1-11(2)20-15-9-12(16(21)22-3)5-6-13(15)14(18-20)10-19-8-4-7-17-19/h4-9,11H,10H2,1-3H3. The maximum atomic E-state index is 11.7. The van der Waals surface area contributed by atoms with E-state index in [1.54, 1.807) is 12.3 Å². The van der Waals surface area contributed by atoms with Crippen molar-refractivity contribution in [2.75, 3.05) is 7.11 Å². The molecule has 0 aliphatic heterocycles. The lowest BCUT2D eigenvalue weighted by molar-refractivity contribution is 0.0601. The highest BCUT2D eigenvalue weighted by Gasteiger charge is 2.16. The summed E-state index contributed by atoms with van der Waals surface area (Å²) in [4.78, 5) is 11.7. The highest BCUT2D eigenvalue weighted by atomic mass is 16.5. The zero-order chi connectivity index (χ0) is 15.7. The van der Waals surface area contributed by atoms with Gasteiger partial charge in [0.15, 0.2) is 0 Å². The number of ether oxygens (including phenoxy) is 1. The van der Waals surface area contributed by atoms with Crippen molar-refractivity contribution in [2.45, 2.75) is 26.4 Å². The number of hydrogen-bond donors (Lipinski definition) is 0. The number of methoxy groups -OCH3 is 1. The average Bonchev–Trinajstić information content (AvgIpc) is 3.14. The van der Waals surface area contributed by atoms with E-state index in [1.807, 2.05) is 33.8 Å². The Labute approximate surface area is 128 Å². The van der Waals surface area contributed by atoms with E-state index in [-0.39, 0.29) is 12.0 Å². The van der Waals surface area contributed by atoms with Crippen molar-refractivity contribution in [2.24, 2.45) is 0 Å². The lowest BCUT2D eigenvalue weighted by Gasteiger charge is -2.07. The minimum Gasteiger partial charge on any atom is -0.465 e. The molecule has 3 aromatic rings. The molecular formula is C16H18N4O2. The molecule has 0 saturated heterocycles. The minimum absolute atomic E-state index is 0.196. The second kappa shape index (κ2) is 5.63. The summed E-state index contributed by atoms with van der Waals surface area (Å²) in [5.41, 5.74) is 2.39. The van der Waals surface area contributed by atoms with Crippen LogP contribution in [0.4, 0.5) is 0 Å². The van der Waals surface area contributed by atoms with Crippen molar-refractivity contribution in [1.29, 1.82) is 0 Å². The Balaban J connectivity index is 2.12. The van der Waals surface area contributed by atoms with E-state index in [9.17, 15) is 4.79 Å². The lowest BCUT2D eigenvalue weighted by atomic mass is 10.1. The van der Waals surface area contributed by atoms with Crippen LogP contribution >= 0.6 is 0 Å². The monoisotopic (exact) mass is 298 g/mol. The Morgan fingerprint density at radius 3 is 2.82 bits per heavy atom. The van der Waals surface area contributed by atoms with Crippen molar-refractivity contribution >= 4 is 16.9 Å². The molecule has 22 heavy (non-hydrogen) atoms.